The van der Waals surface area contributed by atoms with Gasteiger partial charge in [-0.3, -0.25) is 9.69 Å². The molecule has 0 aromatic carbocycles. The molecule has 0 aromatic heterocycles. The highest BCUT2D eigenvalue weighted by Gasteiger charge is 2.33. The molecule has 3 atom stereocenters. The second-order valence-corrected chi connectivity index (χ2v) is 4.70. The van der Waals surface area contributed by atoms with Crippen LogP contribution in [-0.4, -0.2) is 47.4 Å². The minimum absolute atomic E-state index is 0.358. The van der Waals surface area contributed by atoms with E-state index in [4.69, 9.17) is 0 Å². The maximum absolute atomic E-state index is 11.5. The molecule has 3 nitrogen and oxygen atoms in total. The maximum Gasteiger partial charge on any atom is 0.222 e. The van der Waals surface area contributed by atoms with E-state index in [0.29, 0.717) is 11.9 Å². The van der Waals surface area contributed by atoms with Gasteiger partial charge < -0.3 is 4.90 Å². The van der Waals surface area contributed by atoms with Gasteiger partial charge in [0.1, 0.15) is 0 Å². The summed E-state index contributed by atoms with van der Waals surface area (Å²) in [4.78, 5) is 15.9. The van der Waals surface area contributed by atoms with Crippen molar-refractivity contribution < 1.29 is 4.79 Å². The third-order valence-corrected chi connectivity index (χ3v) is 3.25. The van der Waals surface area contributed by atoms with Gasteiger partial charge >= 0.3 is 0 Å². The molecular formula is C11H20N2O. The largest absolute Gasteiger partial charge is 0.336 e. The summed E-state index contributed by atoms with van der Waals surface area (Å²) in [6.07, 6.45) is 3.00. The van der Waals surface area contributed by atoms with Crippen LogP contribution in [0.3, 0.4) is 0 Å². The summed E-state index contributed by atoms with van der Waals surface area (Å²) >= 11 is 0. The Morgan fingerprint density at radius 1 is 1.21 bits per heavy atom. The molecule has 2 aliphatic heterocycles. The molecule has 80 valence electrons. The van der Waals surface area contributed by atoms with E-state index in [1.807, 2.05) is 4.90 Å². The molecule has 0 spiro atoms. The van der Waals surface area contributed by atoms with Crippen LogP contribution in [0.1, 0.15) is 33.1 Å². The summed E-state index contributed by atoms with van der Waals surface area (Å²) in [5.74, 6) is 0.358. The lowest BCUT2D eigenvalue weighted by atomic mass is 10.2. The third kappa shape index (κ3) is 2.47. The van der Waals surface area contributed by atoms with Crippen molar-refractivity contribution in [1.82, 2.24) is 9.80 Å². The number of hydrogen-bond donors (Lipinski definition) is 0. The Labute approximate surface area is 86.1 Å². The van der Waals surface area contributed by atoms with Gasteiger partial charge in [0.05, 0.1) is 0 Å². The fourth-order valence-electron chi connectivity index (χ4n) is 1.92. The summed E-state index contributed by atoms with van der Waals surface area (Å²) < 4.78 is 0. The molecule has 2 aliphatic rings. The maximum atomic E-state index is 11.5. The number of unbranched alkanes of at least 4 members (excludes halogenated alkanes) is 1. The van der Waals surface area contributed by atoms with E-state index in [1.165, 1.54) is 19.5 Å². The fraction of sp³-hybridized carbons (Fsp3) is 0.909. The van der Waals surface area contributed by atoms with Gasteiger partial charge in [0.2, 0.25) is 5.91 Å². The molecule has 2 rings (SSSR count). The summed E-state index contributed by atoms with van der Waals surface area (Å²) in [6, 6.07) is 1.33. The number of amides is 1. The fourth-order valence-corrected chi connectivity index (χ4v) is 1.92. The second-order valence-electron chi connectivity index (χ2n) is 4.70. The number of carbonyl (C=O) groups excluding carboxylic acids is 1. The Balaban J connectivity index is 1.48. The lowest BCUT2D eigenvalue weighted by molar-refractivity contribution is -0.126. The molecule has 2 saturated heterocycles. The zero-order chi connectivity index (χ0) is 10.1. The summed E-state index contributed by atoms with van der Waals surface area (Å²) in [5, 5.41) is 0. The van der Waals surface area contributed by atoms with Gasteiger partial charge in [0.15, 0.2) is 0 Å². The predicted molar refractivity (Wildman–Crippen MR) is 56.1 cm³/mol. The van der Waals surface area contributed by atoms with Crippen LogP contribution < -0.4 is 0 Å². The van der Waals surface area contributed by atoms with Gasteiger partial charge in [-0.05, 0) is 33.2 Å². The Bertz CT molecular complexity index is 229. The Morgan fingerprint density at radius 2 is 1.86 bits per heavy atom. The van der Waals surface area contributed by atoms with E-state index in [1.54, 1.807) is 0 Å². The smallest absolute Gasteiger partial charge is 0.222 e. The van der Waals surface area contributed by atoms with Crippen molar-refractivity contribution in [2.45, 2.75) is 45.2 Å². The standard InChI is InChI=1S/C11H20N2O/c1-9-7-12(9)6-4-3-5-11(14)13-8-10(13)2/h9-10H,3-8H2,1-2H3. The van der Waals surface area contributed by atoms with Crippen molar-refractivity contribution in [3.05, 3.63) is 0 Å². The van der Waals surface area contributed by atoms with Crippen molar-refractivity contribution >= 4 is 5.91 Å². The highest BCUT2D eigenvalue weighted by molar-refractivity contribution is 5.78. The monoisotopic (exact) mass is 196 g/mol. The summed E-state index contributed by atoms with van der Waals surface area (Å²) in [5.41, 5.74) is 0. The van der Waals surface area contributed by atoms with Gasteiger partial charge in [0.25, 0.3) is 0 Å². The van der Waals surface area contributed by atoms with Gasteiger partial charge in [-0.15, -0.1) is 0 Å². The lowest BCUT2D eigenvalue weighted by Crippen LogP contribution is -2.12. The predicted octanol–water partition coefficient (Wildman–Crippen LogP) is 1.09. The number of hydrogen-bond acceptors (Lipinski definition) is 2. The van der Waals surface area contributed by atoms with Crippen molar-refractivity contribution in [2.24, 2.45) is 0 Å². The Kier molecular flexibility index (Phi) is 2.77. The average Bonchev–Trinajstić information content (AvgIpc) is 3.01. The first kappa shape index (κ1) is 9.97. The molecule has 1 amide bonds. The minimum atomic E-state index is 0.358. The molecular weight excluding hydrogens is 176 g/mol. The van der Waals surface area contributed by atoms with Crippen LogP contribution in [0.4, 0.5) is 0 Å². The third-order valence-electron chi connectivity index (χ3n) is 3.25. The molecule has 0 N–H and O–H groups in total. The van der Waals surface area contributed by atoms with E-state index in [0.717, 1.165) is 25.4 Å². The molecule has 0 aliphatic carbocycles. The van der Waals surface area contributed by atoms with Crippen LogP contribution in [0.15, 0.2) is 0 Å². The molecule has 3 heteroatoms. The van der Waals surface area contributed by atoms with Crippen LogP contribution >= 0.6 is 0 Å². The summed E-state index contributed by atoms with van der Waals surface area (Å²) in [7, 11) is 0. The number of nitrogens with zero attached hydrogens (tertiary/aromatic N) is 2. The van der Waals surface area contributed by atoms with Crippen molar-refractivity contribution in [3.8, 4) is 0 Å². The number of rotatable bonds is 5. The molecule has 14 heavy (non-hydrogen) atoms. The van der Waals surface area contributed by atoms with Crippen LogP contribution in [0.25, 0.3) is 0 Å². The van der Waals surface area contributed by atoms with E-state index < -0.39 is 0 Å². The highest BCUT2D eigenvalue weighted by atomic mass is 16.2. The molecule has 2 heterocycles. The lowest BCUT2D eigenvalue weighted by Gasteiger charge is -2.03. The summed E-state index contributed by atoms with van der Waals surface area (Å²) in [6.45, 7) is 7.79. The number of carbonyl (C=O) groups is 1. The molecule has 0 saturated carbocycles. The van der Waals surface area contributed by atoms with Gasteiger partial charge in [-0.25, -0.2) is 0 Å². The van der Waals surface area contributed by atoms with Gasteiger partial charge in [-0.1, -0.05) is 0 Å². The quantitative estimate of drug-likeness (QED) is 0.485. The zero-order valence-corrected chi connectivity index (χ0v) is 9.20. The molecule has 3 unspecified atom stereocenters. The molecule has 0 bridgehead atoms. The first-order valence-electron chi connectivity index (χ1n) is 5.72. The van der Waals surface area contributed by atoms with Crippen LogP contribution in [-0.2, 0) is 4.79 Å². The highest BCUT2D eigenvalue weighted by Crippen LogP contribution is 2.20. The zero-order valence-electron chi connectivity index (χ0n) is 9.20. The molecule has 0 aromatic rings. The van der Waals surface area contributed by atoms with Gasteiger partial charge in [0, 0.05) is 31.6 Å². The Hall–Kier alpha value is -0.570. The first-order valence-corrected chi connectivity index (χ1v) is 5.72. The van der Waals surface area contributed by atoms with Gasteiger partial charge in [-0.2, -0.15) is 0 Å². The molecule has 0 radical (unpaired) electrons. The topological polar surface area (TPSA) is 23.1 Å². The molecule has 2 fully saturated rings. The van der Waals surface area contributed by atoms with Crippen LogP contribution in [0.2, 0.25) is 0 Å². The van der Waals surface area contributed by atoms with E-state index in [9.17, 15) is 4.79 Å². The second kappa shape index (κ2) is 3.89. The normalized spacial score (nSPS) is 34.4. The SMILES string of the molecule is CC1CN1CCCCC(=O)N1CC1C. The minimum Gasteiger partial charge on any atom is -0.336 e. The van der Waals surface area contributed by atoms with E-state index >= 15 is 0 Å². The first-order chi connectivity index (χ1) is 6.68. The van der Waals surface area contributed by atoms with E-state index in [-0.39, 0.29) is 0 Å². The average molecular weight is 196 g/mol. The van der Waals surface area contributed by atoms with Crippen LogP contribution in [0.5, 0.6) is 0 Å². The Morgan fingerprint density at radius 3 is 2.36 bits per heavy atom. The van der Waals surface area contributed by atoms with E-state index in [2.05, 4.69) is 18.7 Å². The van der Waals surface area contributed by atoms with Crippen LogP contribution in [0, 0.1) is 0 Å². The van der Waals surface area contributed by atoms with Crippen molar-refractivity contribution in [3.63, 3.8) is 0 Å². The van der Waals surface area contributed by atoms with Crippen molar-refractivity contribution in [1.29, 1.82) is 0 Å². The van der Waals surface area contributed by atoms with Crippen molar-refractivity contribution in [2.75, 3.05) is 19.6 Å².